The molecule has 0 unspecified atom stereocenters. The van der Waals surface area contributed by atoms with Crippen LogP contribution in [0, 0.1) is 0 Å². The van der Waals surface area contributed by atoms with Gasteiger partial charge in [0.2, 0.25) is 5.91 Å². The van der Waals surface area contributed by atoms with Gasteiger partial charge in [-0.25, -0.2) is 4.98 Å². The van der Waals surface area contributed by atoms with E-state index in [1.54, 1.807) is 12.1 Å². The summed E-state index contributed by atoms with van der Waals surface area (Å²) in [6.45, 7) is 2.64. The zero-order valence-electron chi connectivity index (χ0n) is 17.0. The Morgan fingerprint density at radius 2 is 1.97 bits per heavy atom. The molecule has 7 nitrogen and oxygen atoms in total. The Morgan fingerprint density at radius 3 is 2.71 bits per heavy atom. The first-order valence-corrected chi connectivity index (χ1v) is 10.4. The van der Waals surface area contributed by atoms with E-state index in [9.17, 15) is 9.59 Å². The maximum Gasteiger partial charge on any atom is 0.299 e. The van der Waals surface area contributed by atoms with E-state index in [0.717, 1.165) is 17.5 Å². The molecule has 0 aliphatic carbocycles. The van der Waals surface area contributed by atoms with Gasteiger partial charge in [0, 0.05) is 30.1 Å². The summed E-state index contributed by atoms with van der Waals surface area (Å²) in [4.78, 5) is 29.3. The van der Waals surface area contributed by atoms with Crippen LogP contribution in [0.1, 0.15) is 24.5 Å². The predicted molar refractivity (Wildman–Crippen MR) is 119 cm³/mol. The van der Waals surface area contributed by atoms with Gasteiger partial charge in [-0.05, 0) is 29.7 Å². The summed E-state index contributed by atoms with van der Waals surface area (Å²) in [5.41, 5.74) is 3.61. The van der Waals surface area contributed by atoms with E-state index < -0.39 is 0 Å². The SMILES string of the molecule is CCc1ccc(-c2noc3c(=O)n(CCC(=O)NCc4cccc(Cl)c4)cnc23)cc1. The smallest absolute Gasteiger partial charge is 0.299 e. The number of hydrogen-bond donors (Lipinski definition) is 1. The molecule has 1 N–H and O–H groups in total. The minimum absolute atomic E-state index is 0.0800. The van der Waals surface area contributed by atoms with Crippen LogP contribution < -0.4 is 10.9 Å². The molecule has 31 heavy (non-hydrogen) atoms. The fraction of sp³-hybridized carbons (Fsp3) is 0.217. The van der Waals surface area contributed by atoms with Crippen molar-refractivity contribution in [1.82, 2.24) is 20.0 Å². The van der Waals surface area contributed by atoms with Crippen LogP contribution in [0.2, 0.25) is 5.02 Å². The molecule has 4 rings (SSSR count). The summed E-state index contributed by atoms with van der Waals surface area (Å²) in [6, 6.07) is 15.2. The van der Waals surface area contributed by atoms with E-state index in [1.165, 1.54) is 16.5 Å². The second-order valence-corrected chi connectivity index (χ2v) is 7.60. The highest BCUT2D eigenvalue weighted by Gasteiger charge is 2.16. The summed E-state index contributed by atoms with van der Waals surface area (Å²) < 4.78 is 6.65. The molecule has 0 fully saturated rings. The van der Waals surface area contributed by atoms with Crippen molar-refractivity contribution in [3.8, 4) is 11.3 Å². The number of aryl methyl sites for hydroxylation is 2. The van der Waals surface area contributed by atoms with Crippen molar-refractivity contribution in [2.75, 3.05) is 0 Å². The molecule has 158 valence electrons. The average Bonchev–Trinajstić information content (AvgIpc) is 3.22. The number of fused-ring (bicyclic) bond motifs is 1. The van der Waals surface area contributed by atoms with Crippen molar-refractivity contribution in [1.29, 1.82) is 0 Å². The Morgan fingerprint density at radius 1 is 1.16 bits per heavy atom. The molecule has 0 spiro atoms. The van der Waals surface area contributed by atoms with E-state index in [2.05, 4.69) is 22.4 Å². The molecular weight excluding hydrogens is 416 g/mol. The van der Waals surface area contributed by atoms with E-state index in [1.807, 2.05) is 36.4 Å². The zero-order valence-corrected chi connectivity index (χ0v) is 17.7. The van der Waals surface area contributed by atoms with Gasteiger partial charge in [-0.2, -0.15) is 0 Å². The number of nitrogens with one attached hydrogen (secondary N) is 1. The summed E-state index contributed by atoms with van der Waals surface area (Å²) in [5, 5.41) is 7.48. The van der Waals surface area contributed by atoms with Crippen LogP contribution in [0.5, 0.6) is 0 Å². The second kappa shape index (κ2) is 9.14. The minimum atomic E-state index is -0.364. The van der Waals surface area contributed by atoms with Gasteiger partial charge in [-0.3, -0.25) is 14.2 Å². The van der Waals surface area contributed by atoms with Gasteiger partial charge < -0.3 is 9.84 Å². The predicted octanol–water partition coefficient (Wildman–Crippen LogP) is 3.97. The number of aromatic nitrogens is 3. The maximum absolute atomic E-state index is 12.7. The van der Waals surface area contributed by atoms with Gasteiger partial charge in [0.25, 0.3) is 11.1 Å². The quantitative estimate of drug-likeness (QED) is 0.473. The first-order valence-electron chi connectivity index (χ1n) is 10.0. The number of hydrogen-bond acceptors (Lipinski definition) is 5. The standard InChI is InChI=1S/C23H21ClN4O3/c1-2-15-6-8-17(9-7-15)20-21-22(31-27-20)23(30)28(14-26-21)11-10-19(29)25-13-16-4-3-5-18(24)12-16/h3-9,12,14H,2,10-11,13H2,1H3,(H,25,29). The molecule has 0 aliphatic rings. The lowest BCUT2D eigenvalue weighted by atomic mass is 10.1. The lowest BCUT2D eigenvalue weighted by Crippen LogP contribution is -2.27. The van der Waals surface area contributed by atoms with Crippen molar-refractivity contribution in [2.24, 2.45) is 0 Å². The van der Waals surface area contributed by atoms with Crippen molar-refractivity contribution in [3.05, 3.63) is 81.4 Å². The molecule has 1 amide bonds. The Hall–Kier alpha value is -3.45. The number of benzene rings is 2. The van der Waals surface area contributed by atoms with E-state index in [0.29, 0.717) is 22.8 Å². The van der Waals surface area contributed by atoms with Crippen molar-refractivity contribution >= 4 is 28.6 Å². The van der Waals surface area contributed by atoms with Gasteiger partial charge in [0.05, 0.1) is 6.33 Å². The highest BCUT2D eigenvalue weighted by Crippen LogP contribution is 2.24. The lowest BCUT2D eigenvalue weighted by Gasteiger charge is -2.07. The highest BCUT2D eigenvalue weighted by molar-refractivity contribution is 6.30. The molecule has 8 heteroatoms. The number of amides is 1. The lowest BCUT2D eigenvalue weighted by molar-refractivity contribution is -0.121. The van der Waals surface area contributed by atoms with Crippen LogP contribution in [0.3, 0.4) is 0 Å². The summed E-state index contributed by atoms with van der Waals surface area (Å²) >= 11 is 5.95. The first-order chi connectivity index (χ1) is 15.0. The molecule has 0 bridgehead atoms. The molecule has 0 saturated carbocycles. The topological polar surface area (TPSA) is 90.0 Å². The Labute approximate surface area is 183 Å². The third kappa shape index (κ3) is 4.67. The summed E-state index contributed by atoms with van der Waals surface area (Å²) in [5.74, 6) is -0.179. The van der Waals surface area contributed by atoms with Gasteiger partial charge in [0.1, 0.15) is 11.2 Å². The fourth-order valence-electron chi connectivity index (χ4n) is 3.26. The molecule has 2 aromatic heterocycles. The fourth-order valence-corrected chi connectivity index (χ4v) is 3.47. The first kappa shape index (κ1) is 20.8. The number of carbonyl (C=O) groups is 1. The van der Waals surface area contributed by atoms with Gasteiger partial charge in [-0.15, -0.1) is 0 Å². The van der Waals surface area contributed by atoms with Gasteiger partial charge in [-0.1, -0.05) is 60.1 Å². The van der Waals surface area contributed by atoms with Crippen LogP contribution in [-0.4, -0.2) is 20.6 Å². The molecule has 0 aliphatic heterocycles. The summed E-state index contributed by atoms with van der Waals surface area (Å²) in [7, 11) is 0. The van der Waals surface area contributed by atoms with Crippen LogP contribution in [0.15, 0.2) is 64.2 Å². The minimum Gasteiger partial charge on any atom is -0.352 e. The van der Waals surface area contributed by atoms with Crippen LogP contribution in [0.4, 0.5) is 0 Å². The monoisotopic (exact) mass is 436 g/mol. The van der Waals surface area contributed by atoms with E-state index >= 15 is 0 Å². The molecule has 0 atom stereocenters. The zero-order chi connectivity index (χ0) is 21.8. The largest absolute Gasteiger partial charge is 0.352 e. The van der Waals surface area contributed by atoms with Gasteiger partial charge in [0.15, 0.2) is 0 Å². The van der Waals surface area contributed by atoms with Crippen LogP contribution >= 0.6 is 11.6 Å². The average molecular weight is 437 g/mol. The maximum atomic E-state index is 12.7. The van der Waals surface area contributed by atoms with E-state index in [-0.39, 0.29) is 30.0 Å². The number of rotatable bonds is 7. The number of halogens is 1. The van der Waals surface area contributed by atoms with Crippen molar-refractivity contribution < 1.29 is 9.32 Å². The van der Waals surface area contributed by atoms with Crippen LogP contribution in [-0.2, 0) is 24.3 Å². The Kier molecular flexibility index (Phi) is 6.13. The molecule has 0 radical (unpaired) electrons. The summed E-state index contributed by atoms with van der Waals surface area (Å²) in [6.07, 6.45) is 2.50. The van der Waals surface area contributed by atoms with Crippen molar-refractivity contribution in [2.45, 2.75) is 32.9 Å². The van der Waals surface area contributed by atoms with Crippen LogP contribution in [0.25, 0.3) is 22.4 Å². The van der Waals surface area contributed by atoms with E-state index in [4.69, 9.17) is 16.1 Å². The highest BCUT2D eigenvalue weighted by atomic mass is 35.5. The normalized spacial score (nSPS) is 11.0. The Balaban J connectivity index is 1.44. The third-order valence-electron chi connectivity index (χ3n) is 5.04. The molecule has 0 saturated heterocycles. The number of nitrogens with zero attached hydrogens (tertiary/aromatic N) is 3. The van der Waals surface area contributed by atoms with Gasteiger partial charge >= 0.3 is 0 Å². The Bertz CT molecular complexity index is 1280. The molecule has 4 aromatic rings. The van der Waals surface area contributed by atoms with Crippen molar-refractivity contribution in [3.63, 3.8) is 0 Å². The molecule has 2 heterocycles. The second-order valence-electron chi connectivity index (χ2n) is 7.16. The molecular formula is C23H21ClN4O3. The number of carbonyl (C=O) groups excluding carboxylic acids is 1. The molecule has 2 aromatic carbocycles. The third-order valence-corrected chi connectivity index (χ3v) is 5.28.